The van der Waals surface area contributed by atoms with Crippen LogP contribution in [0.4, 0.5) is 0 Å². The molecule has 1 N–H and O–H groups in total. The van der Waals surface area contributed by atoms with Crippen molar-refractivity contribution >= 4 is 0 Å². The standard InChI is InChI=1S/C19H21N3/c1-16(18-5-3-2-4-6-18)13-21-14-17-7-9-19(10-8-17)22-12-11-20-15-22/h2-12,15-16,21H,13-14H2,1H3. The number of nitrogens with zero attached hydrogens (tertiary/aromatic N) is 2. The number of aromatic nitrogens is 2. The van der Waals surface area contributed by atoms with Gasteiger partial charge in [0.05, 0.1) is 6.33 Å². The smallest absolute Gasteiger partial charge is 0.0991 e. The maximum Gasteiger partial charge on any atom is 0.0991 e. The van der Waals surface area contributed by atoms with Crippen molar-refractivity contribution in [3.05, 3.63) is 84.4 Å². The molecule has 0 amide bonds. The van der Waals surface area contributed by atoms with Crippen molar-refractivity contribution < 1.29 is 0 Å². The summed E-state index contributed by atoms with van der Waals surface area (Å²) in [6.07, 6.45) is 5.56. The van der Waals surface area contributed by atoms with Crippen LogP contribution in [-0.2, 0) is 6.54 Å². The van der Waals surface area contributed by atoms with E-state index in [-0.39, 0.29) is 0 Å². The van der Waals surface area contributed by atoms with E-state index in [1.807, 2.05) is 17.1 Å². The van der Waals surface area contributed by atoms with E-state index in [1.165, 1.54) is 11.1 Å². The van der Waals surface area contributed by atoms with Crippen LogP contribution in [0.5, 0.6) is 0 Å². The summed E-state index contributed by atoms with van der Waals surface area (Å²) in [7, 11) is 0. The molecule has 1 aromatic heterocycles. The lowest BCUT2D eigenvalue weighted by Gasteiger charge is -2.13. The highest BCUT2D eigenvalue weighted by Crippen LogP contribution is 2.14. The minimum atomic E-state index is 0.520. The minimum absolute atomic E-state index is 0.520. The third-order valence-corrected chi connectivity index (χ3v) is 3.89. The second-order valence-corrected chi connectivity index (χ2v) is 5.58. The number of imidazole rings is 1. The molecule has 0 saturated heterocycles. The molecule has 0 saturated carbocycles. The second-order valence-electron chi connectivity index (χ2n) is 5.58. The summed E-state index contributed by atoms with van der Waals surface area (Å²) in [4.78, 5) is 4.07. The van der Waals surface area contributed by atoms with Crippen molar-refractivity contribution in [1.82, 2.24) is 14.9 Å². The maximum atomic E-state index is 4.07. The molecule has 22 heavy (non-hydrogen) atoms. The fourth-order valence-corrected chi connectivity index (χ4v) is 2.53. The number of hydrogen-bond donors (Lipinski definition) is 1. The zero-order valence-electron chi connectivity index (χ0n) is 12.8. The highest BCUT2D eigenvalue weighted by molar-refractivity contribution is 5.34. The van der Waals surface area contributed by atoms with Crippen LogP contribution in [0, 0.1) is 0 Å². The lowest BCUT2D eigenvalue weighted by atomic mass is 10.0. The Kier molecular flexibility index (Phi) is 4.66. The first-order valence-electron chi connectivity index (χ1n) is 7.66. The number of nitrogens with one attached hydrogen (secondary N) is 1. The van der Waals surface area contributed by atoms with Crippen molar-refractivity contribution in [3.8, 4) is 5.69 Å². The Morgan fingerprint density at radius 2 is 1.82 bits per heavy atom. The van der Waals surface area contributed by atoms with Gasteiger partial charge in [0.2, 0.25) is 0 Å². The molecule has 0 radical (unpaired) electrons. The van der Waals surface area contributed by atoms with Gasteiger partial charge in [-0.1, -0.05) is 49.4 Å². The van der Waals surface area contributed by atoms with Gasteiger partial charge in [-0.3, -0.25) is 0 Å². The molecule has 0 aliphatic heterocycles. The van der Waals surface area contributed by atoms with Crippen molar-refractivity contribution in [2.45, 2.75) is 19.4 Å². The fourth-order valence-electron chi connectivity index (χ4n) is 2.53. The van der Waals surface area contributed by atoms with Gasteiger partial charge in [-0.2, -0.15) is 0 Å². The summed E-state index contributed by atoms with van der Waals surface area (Å²) in [5.74, 6) is 0.520. The van der Waals surface area contributed by atoms with E-state index < -0.39 is 0 Å². The summed E-state index contributed by atoms with van der Waals surface area (Å²) in [5, 5.41) is 3.54. The van der Waals surface area contributed by atoms with Gasteiger partial charge in [-0.05, 0) is 29.2 Å². The van der Waals surface area contributed by atoms with Gasteiger partial charge >= 0.3 is 0 Å². The molecule has 0 aliphatic carbocycles. The summed E-state index contributed by atoms with van der Waals surface area (Å²) in [6.45, 7) is 4.12. The molecular formula is C19H21N3. The van der Waals surface area contributed by atoms with Crippen LogP contribution in [0.3, 0.4) is 0 Å². The normalized spacial score (nSPS) is 12.2. The first-order valence-corrected chi connectivity index (χ1v) is 7.66. The Hall–Kier alpha value is -2.39. The van der Waals surface area contributed by atoms with Crippen molar-refractivity contribution in [2.75, 3.05) is 6.54 Å². The molecule has 0 aliphatic rings. The van der Waals surface area contributed by atoms with Crippen LogP contribution >= 0.6 is 0 Å². The SMILES string of the molecule is CC(CNCc1ccc(-n2ccnc2)cc1)c1ccccc1. The van der Waals surface area contributed by atoms with E-state index in [2.05, 4.69) is 71.8 Å². The van der Waals surface area contributed by atoms with E-state index >= 15 is 0 Å². The monoisotopic (exact) mass is 291 g/mol. The highest BCUT2D eigenvalue weighted by Gasteiger charge is 2.04. The Bertz CT molecular complexity index is 672. The van der Waals surface area contributed by atoms with Crippen LogP contribution < -0.4 is 5.32 Å². The quantitative estimate of drug-likeness (QED) is 0.749. The van der Waals surface area contributed by atoms with E-state index in [9.17, 15) is 0 Å². The van der Waals surface area contributed by atoms with Crippen molar-refractivity contribution in [3.63, 3.8) is 0 Å². The van der Waals surface area contributed by atoms with Crippen LogP contribution in [0.2, 0.25) is 0 Å². The molecule has 3 aromatic rings. The molecule has 3 nitrogen and oxygen atoms in total. The number of hydrogen-bond acceptors (Lipinski definition) is 2. The van der Waals surface area contributed by atoms with Gasteiger partial charge in [-0.25, -0.2) is 4.98 Å². The van der Waals surface area contributed by atoms with Gasteiger partial charge in [0, 0.05) is 31.2 Å². The third kappa shape index (κ3) is 3.62. The first kappa shape index (κ1) is 14.5. The molecule has 3 rings (SSSR count). The third-order valence-electron chi connectivity index (χ3n) is 3.89. The molecular weight excluding hydrogens is 270 g/mol. The van der Waals surface area contributed by atoms with Gasteiger partial charge in [0.1, 0.15) is 0 Å². The van der Waals surface area contributed by atoms with Crippen LogP contribution in [0.1, 0.15) is 24.0 Å². The summed E-state index contributed by atoms with van der Waals surface area (Å²) in [6, 6.07) is 19.2. The van der Waals surface area contributed by atoms with Crippen LogP contribution in [0.25, 0.3) is 5.69 Å². The molecule has 1 unspecified atom stereocenters. The van der Waals surface area contributed by atoms with E-state index in [0.717, 1.165) is 18.8 Å². The lowest BCUT2D eigenvalue weighted by molar-refractivity contribution is 0.615. The molecule has 2 aromatic carbocycles. The Morgan fingerprint density at radius 3 is 2.50 bits per heavy atom. The van der Waals surface area contributed by atoms with Crippen LogP contribution in [-0.4, -0.2) is 16.1 Å². The largest absolute Gasteiger partial charge is 0.312 e. The van der Waals surface area contributed by atoms with Gasteiger partial charge in [0.15, 0.2) is 0 Å². The lowest BCUT2D eigenvalue weighted by Crippen LogP contribution is -2.19. The van der Waals surface area contributed by atoms with Gasteiger partial charge < -0.3 is 9.88 Å². The predicted molar refractivity (Wildman–Crippen MR) is 90.1 cm³/mol. The zero-order valence-corrected chi connectivity index (χ0v) is 12.8. The Balaban J connectivity index is 1.52. The summed E-state index contributed by atoms with van der Waals surface area (Å²) in [5.41, 5.74) is 3.81. The maximum absolute atomic E-state index is 4.07. The predicted octanol–water partition coefficient (Wildman–Crippen LogP) is 3.77. The molecule has 1 atom stereocenters. The molecule has 112 valence electrons. The second kappa shape index (κ2) is 7.05. The topological polar surface area (TPSA) is 29.9 Å². The van der Waals surface area contributed by atoms with Crippen molar-refractivity contribution in [2.24, 2.45) is 0 Å². The van der Waals surface area contributed by atoms with Crippen molar-refractivity contribution in [1.29, 1.82) is 0 Å². The number of benzene rings is 2. The molecule has 0 bridgehead atoms. The Labute approximate surface area is 131 Å². The van der Waals surface area contributed by atoms with Gasteiger partial charge in [-0.15, -0.1) is 0 Å². The average molecular weight is 291 g/mol. The molecule has 0 spiro atoms. The molecule has 0 fully saturated rings. The van der Waals surface area contributed by atoms with E-state index in [0.29, 0.717) is 5.92 Å². The molecule has 3 heteroatoms. The minimum Gasteiger partial charge on any atom is -0.312 e. The zero-order chi connectivity index (χ0) is 15.2. The molecule has 1 heterocycles. The summed E-state index contributed by atoms with van der Waals surface area (Å²) >= 11 is 0. The number of rotatable bonds is 6. The first-order chi connectivity index (χ1) is 10.8. The summed E-state index contributed by atoms with van der Waals surface area (Å²) < 4.78 is 2.01. The van der Waals surface area contributed by atoms with E-state index in [4.69, 9.17) is 0 Å². The Morgan fingerprint density at radius 1 is 1.05 bits per heavy atom. The average Bonchev–Trinajstić information content (AvgIpc) is 3.11. The highest BCUT2D eigenvalue weighted by atomic mass is 15.0. The van der Waals surface area contributed by atoms with Gasteiger partial charge in [0.25, 0.3) is 0 Å². The van der Waals surface area contributed by atoms with Crippen LogP contribution in [0.15, 0.2) is 73.3 Å². The van der Waals surface area contributed by atoms with E-state index in [1.54, 1.807) is 6.20 Å². The fraction of sp³-hybridized carbons (Fsp3) is 0.211.